The van der Waals surface area contributed by atoms with Gasteiger partial charge in [-0.05, 0) is 36.5 Å². The van der Waals surface area contributed by atoms with Gasteiger partial charge in [-0.2, -0.15) is 4.98 Å². The number of ether oxygens (including phenoxy) is 3. The molecule has 6 nitrogen and oxygen atoms in total. The lowest BCUT2D eigenvalue weighted by atomic mass is 10.0. The van der Waals surface area contributed by atoms with Gasteiger partial charge in [-0.15, -0.1) is 0 Å². The third kappa shape index (κ3) is 3.02. The highest BCUT2D eigenvalue weighted by Crippen LogP contribution is 2.44. The molecule has 6 heteroatoms. The molecule has 1 fully saturated rings. The van der Waals surface area contributed by atoms with Crippen molar-refractivity contribution in [1.82, 2.24) is 9.97 Å². The molecular formula is C17H19N3O3. The molecular weight excluding hydrogens is 294 g/mol. The third-order valence-electron chi connectivity index (χ3n) is 4.14. The fourth-order valence-electron chi connectivity index (χ4n) is 2.82. The highest BCUT2D eigenvalue weighted by atomic mass is 16.6. The molecule has 1 unspecified atom stereocenters. The van der Waals surface area contributed by atoms with E-state index in [-0.39, 0.29) is 6.04 Å². The van der Waals surface area contributed by atoms with E-state index in [9.17, 15) is 0 Å². The summed E-state index contributed by atoms with van der Waals surface area (Å²) in [6.45, 7) is 1.20. The Labute approximate surface area is 134 Å². The van der Waals surface area contributed by atoms with Gasteiger partial charge in [-0.25, -0.2) is 4.98 Å². The van der Waals surface area contributed by atoms with E-state index in [1.807, 2.05) is 6.07 Å². The predicted molar refractivity (Wildman–Crippen MR) is 85.1 cm³/mol. The van der Waals surface area contributed by atoms with Crippen LogP contribution in [-0.2, 0) is 0 Å². The van der Waals surface area contributed by atoms with E-state index in [0.717, 1.165) is 11.5 Å². The maximum Gasteiger partial charge on any atom is 0.226 e. The van der Waals surface area contributed by atoms with Crippen molar-refractivity contribution in [3.05, 3.63) is 36.0 Å². The second-order valence-electron chi connectivity index (χ2n) is 5.79. The zero-order valence-electron chi connectivity index (χ0n) is 13.0. The fourth-order valence-corrected chi connectivity index (χ4v) is 2.82. The first-order valence-electron chi connectivity index (χ1n) is 7.86. The number of rotatable bonds is 5. The number of nitrogens with one attached hydrogen (secondary N) is 1. The molecule has 1 atom stereocenters. The van der Waals surface area contributed by atoms with E-state index in [0.29, 0.717) is 31.0 Å². The van der Waals surface area contributed by atoms with E-state index in [1.165, 1.54) is 18.4 Å². The molecule has 0 saturated heterocycles. The van der Waals surface area contributed by atoms with Gasteiger partial charge in [-0.1, -0.05) is 6.07 Å². The summed E-state index contributed by atoms with van der Waals surface area (Å²) in [5, 5.41) is 3.44. The summed E-state index contributed by atoms with van der Waals surface area (Å²) >= 11 is 0. The summed E-state index contributed by atoms with van der Waals surface area (Å²) in [7, 11) is 1.60. The average molecular weight is 313 g/mol. The van der Waals surface area contributed by atoms with Crippen LogP contribution in [0.1, 0.15) is 24.4 Å². The second kappa shape index (κ2) is 5.95. The van der Waals surface area contributed by atoms with Gasteiger partial charge in [-0.3, -0.25) is 0 Å². The summed E-state index contributed by atoms with van der Waals surface area (Å²) < 4.78 is 16.5. The summed E-state index contributed by atoms with van der Waals surface area (Å²) in [6.07, 6.45) is 4.11. The largest absolute Gasteiger partial charge is 0.486 e. The molecule has 1 aromatic heterocycles. The van der Waals surface area contributed by atoms with Gasteiger partial charge < -0.3 is 19.5 Å². The molecule has 1 saturated carbocycles. The van der Waals surface area contributed by atoms with Gasteiger partial charge in [0.25, 0.3) is 0 Å². The van der Waals surface area contributed by atoms with Crippen molar-refractivity contribution in [2.75, 3.05) is 25.6 Å². The first-order valence-corrected chi connectivity index (χ1v) is 7.86. The lowest BCUT2D eigenvalue weighted by Crippen LogP contribution is -2.18. The van der Waals surface area contributed by atoms with Gasteiger partial charge in [0, 0.05) is 12.3 Å². The average Bonchev–Trinajstić information content (AvgIpc) is 3.44. The molecule has 1 aliphatic heterocycles. The van der Waals surface area contributed by atoms with Crippen LogP contribution < -0.4 is 19.5 Å². The molecule has 2 aliphatic rings. The van der Waals surface area contributed by atoms with Crippen LogP contribution in [0.3, 0.4) is 0 Å². The number of hydrogen-bond acceptors (Lipinski definition) is 6. The van der Waals surface area contributed by atoms with Crippen molar-refractivity contribution in [2.24, 2.45) is 5.92 Å². The van der Waals surface area contributed by atoms with Crippen LogP contribution >= 0.6 is 0 Å². The molecule has 0 radical (unpaired) electrons. The quantitative estimate of drug-likeness (QED) is 0.915. The number of nitrogens with zero attached hydrogens (tertiary/aromatic N) is 2. The SMILES string of the molecule is COc1ccnc(NC(c2ccc3c(c2)OCCO3)C2CC2)n1. The van der Waals surface area contributed by atoms with Crippen molar-refractivity contribution >= 4 is 5.95 Å². The minimum absolute atomic E-state index is 0.165. The van der Waals surface area contributed by atoms with Crippen molar-refractivity contribution in [2.45, 2.75) is 18.9 Å². The summed E-state index contributed by atoms with van der Waals surface area (Å²) in [5.41, 5.74) is 1.17. The Morgan fingerprint density at radius 2 is 2.00 bits per heavy atom. The Morgan fingerprint density at radius 3 is 2.78 bits per heavy atom. The van der Waals surface area contributed by atoms with Crippen LogP contribution in [0.5, 0.6) is 17.4 Å². The Hall–Kier alpha value is -2.50. The van der Waals surface area contributed by atoms with E-state index >= 15 is 0 Å². The van der Waals surface area contributed by atoms with Crippen molar-refractivity contribution in [1.29, 1.82) is 0 Å². The zero-order chi connectivity index (χ0) is 15.6. The van der Waals surface area contributed by atoms with Crippen molar-refractivity contribution in [3.8, 4) is 17.4 Å². The van der Waals surface area contributed by atoms with Crippen molar-refractivity contribution in [3.63, 3.8) is 0 Å². The first kappa shape index (κ1) is 14.1. The molecule has 23 heavy (non-hydrogen) atoms. The molecule has 1 aliphatic carbocycles. The van der Waals surface area contributed by atoms with Crippen molar-refractivity contribution < 1.29 is 14.2 Å². The van der Waals surface area contributed by atoms with E-state index in [4.69, 9.17) is 14.2 Å². The standard InChI is InChI=1S/C17H19N3O3/c1-21-15-6-7-18-17(19-15)20-16(11-2-3-11)12-4-5-13-14(10-12)23-9-8-22-13/h4-7,10-11,16H,2-3,8-9H2,1H3,(H,18,19,20). The molecule has 0 amide bonds. The number of benzene rings is 1. The smallest absolute Gasteiger partial charge is 0.226 e. The molecule has 2 heterocycles. The minimum atomic E-state index is 0.165. The van der Waals surface area contributed by atoms with Gasteiger partial charge >= 0.3 is 0 Å². The van der Waals surface area contributed by atoms with Crippen LogP contribution in [0.2, 0.25) is 0 Å². The zero-order valence-corrected chi connectivity index (χ0v) is 13.0. The monoisotopic (exact) mass is 313 g/mol. The summed E-state index contributed by atoms with van der Waals surface area (Å²) in [5.74, 6) is 3.35. The summed E-state index contributed by atoms with van der Waals surface area (Å²) in [4.78, 5) is 8.65. The Balaban J connectivity index is 1.60. The van der Waals surface area contributed by atoms with Crippen LogP contribution in [0, 0.1) is 5.92 Å². The minimum Gasteiger partial charge on any atom is -0.486 e. The van der Waals surface area contributed by atoms with E-state index in [1.54, 1.807) is 19.4 Å². The highest BCUT2D eigenvalue weighted by Gasteiger charge is 2.33. The Kier molecular flexibility index (Phi) is 3.65. The van der Waals surface area contributed by atoms with Crippen LogP contribution in [0.4, 0.5) is 5.95 Å². The third-order valence-corrected chi connectivity index (χ3v) is 4.14. The number of aromatic nitrogens is 2. The van der Waals surface area contributed by atoms with Gasteiger partial charge in [0.15, 0.2) is 11.5 Å². The van der Waals surface area contributed by atoms with Crippen LogP contribution in [0.25, 0.3) is 0 Å². The molecule has 120 valence electrons. The number of hydrogen-bond donors (Lipinski definition) is 1. The Morgan fingerprint density at radius 1 is 1.17 bits per heavy atom. The van der Waals surface area contributed by atoms with Crippen LogP contribution in [0.15, 0.2) is 30.5 Å². The number of anilines is 1. The van der Waals surface area contributed by atoms with Gasteiger partial charge in [0.05, 0.1) is 13.2 Å². The molecule has 0 spiro atoms. The predicted octanol–water partition coefficient (Wildman–Crippen LogP) is 2.82. The Bertz CT molecular complexity index is 703. The van der Waals surface area contributed by atoms with Gasteiger partial charge in [0.2, 0.25) is 11.8 Å². The molecule has 0 bridgehead atoms. The van der Waals surface area contributed by atoms with E-state index < -0.39 is 0 Å². The number of fused-ring (bicyclic) bond motifs is 1. The molecule has 1 N–H and O–H groups in total. The maximum atomic E-state index is 5.70. The fraction of sp³-hybridized carbons (Fsp3) is 0.412. The van der Waals surface area contributed by atoms with Crippen LogP contribution in [-0.4, -0.2) is 30.3 Å². The molecule has 1 aromatic carbocycles. The number of methoxy groups -OCH3 is 1. The maximum absolute atomic E-state index is 5.70. The topological polar surface area (TPSA) is 65.5 Å². The second-order valence-corrected chi connectivity index (χ2v) is 5.79. The van der Waals surface area contributed by atoms with E-state index in [2.05, 4.69) is 27.4 Å². The summed E-state index contributed by atoms with van der Waals surface area (Å²) in [6, 6.07) is 8.03. The first-order chi connectivity index (χ1) is 11.3. The van der Waals surface area contributed by atoms with Gasteiger partial charge in [0.1, 0.15) is 13.2 Å². The lowest BCUT2D eigenvalue weighted by Gasteiger charge is -2.23. The molecule has 2 aromatic rings. The highest BCUT2D eigenvalue weighted by molar-refractivity contribution is 5.46. The normalized spacial score (nSPS) is 17.4. The molecule has 4 rings (SSSR count). The lowest BCUT2D eigenvalue weighted by molar-refractivity contribution is 0.171.